The third-order valence-corrected chi connectivity index (χ3v) is 11.7. The lowest BCUT2D eigenvalue weighted by Gasteiger charge is -2.41. The molecule has 1 unspecified atom stereocenters. The van der Waals surface area contributed by atoms with E-state index in [0.29, 0.717) is 36.9 Å². The van der Waals surface area contributed by atoms with Gasteiger partial charge in [-0.05, 0) is 86.6 Å². The molecule has 0 bridgehead atoms. The van der Waals surface area contributed by atoms with Crippen molar-refractivity contribution in [2.45, 2.75) is 77.1 Å². The smallest absolute Gasteiger partial charge is 0.351 e. The van der Waals surface area contributed by atoms with Gasteiger partial charge in [0, 0.05) is 43.1 Å². The predicted octanol–water partition coefficient (Wildman–Crippen LogP) is 8.39. The zero-order valence-corrected chi connectivity index (χ0v) is 30.1. The number of hydrogen-bond acceptors (Lipinski definition) is 4. The highest BCUT2D eigenvalue weighted by atomic mass is 31.1. The van der Waals surface area contributed by atoms with E-state index < -0.39 is 49.4 Å². The Labute approximate surface area is 301 Å². The Morgan fingerprint density at radius 2 is 1.75 bits per heavy atom. The summed E-state index contributed by atoms with van der Waals surface area (Å²) in [6.45, 7) is 3.71. The maximum Gasteiger partial charge on any atom is 0.416 e. The molecule has 1 aliphatic carbocycles. The summed E-state index contributed by atoms with van der Waals surface area (Å²) in [7, 11) is -2.45. The highest BCUT2D eigenvalue weighted by molar-refractivity contribution is 7.44. The molecule has 3 N–H and O–H groups in total. The second-order valence-electron chi connectivity index (χ2n) is 13.6. The van der Waals surface area contributed by atoms with Crippen LogP contribution in [0.25, 0.3) is 0 Å². The van der Waals surface area contributed by atoms with Gasteiger partial charge in [-0.25, -0.2) is 9.37 Å². The van der Waals surface area contributed by atoms with Crippen LogP contribution in [0.15, 0.2) is 73.2 Å². The highest BCUT2D eigenvalue weighted by Crippen LogP contribution is 2.42. The average Bonchev–Trinajstić information content (AvgIpc) is 3.84. The minimum absolute atomic E-state index is 0.0115. The fourth-order valence-electron chi connectivity index (χ4n) is 7.50. The van der Waals surface area contributed by atoms with Crippen LogP contribution in [0.3, 0.4) is 0 Å². The number of imidazole rings is 1. The number of carbonyl (C=O) groups excluding carboxylic acids is 2. The molecule has 3 atom stereocenters. The van der Waals surface area contributed by atoms with Crippen molar-refractivity contribution in [3.05, 3.63) is 113 Å². The molecule has 2 amide bonds. The molecular formula is C38H43F4N6O3P. The monoisotopic (exact) mass is 738 g/mol. The van der Waals surface area contributed by atoms with Crippen molar-refractivity contribution in [2.24, 2.45) is 5.92 Å². The molecule has 1 saturated carbocycles. The summed E-state index contributed by atoms with van der Waals surface area (Å²) >= 11 is 0. The highest BCUT2D eigenvalue weighted by Gasteiger charge is 2.41. The van der Waals surface area contributed by atoms with Gasteiger partial charge in [-0.2, -0.15) is 13.2 Å². The van der Waals surface area contributed by atoms with E-state index in [9.17, 15) is 27.3 Å². The zero-order valence-electron chi connectivity index (χ0n) is 29.1. The number of piperidine rings is 1. The van der Waals surface area contributed by atoms with E-state index >= 15 is 4.39 Å². The number of nitrogens with zero attached hydrogens (tertiary/aromatic N) is 3. The predicted molar refractivity (Wildman–Crippen MR) is 193 cm³/mol. The van der Waals surface area contributed by atoms with Crippen LogP contribution < -0.4 is 15.1 Å². The van der Waals surface area contributed by atoms with E-state index in [-0.39, 0.29) is 29.4 Å². The number of aromatic nitrogens is 2. The van der Waals surface area contributed by atoms with Crippen molar-refractivity contribution >= 4 is 31.3 Å². The fraction of sp³-hybridized carbons (Fsp3) is 0.395. The Morgan fingerprint density at radius 1 is 1.00 bits per heavy atom. The maximum atomic E-state index is 15.2. The zero-order chi connectivity index (χ0) is 37.0. The first-order valence-electron chi connectivity index (χ1n) is 17.6. The first-order valence-corrected chi connectivity index (χ1v) is 19.0. The number of anilines is 2. The molecule has 2 fully saturated rings. The van der Waals surface area contributed by atoms with Crippen molar-refractivity contribution in [2.75, 3.05) is 23.1 Å². The molecule has 0 radical (unpaired) electrons. The van der Waals surface area contributed by atoms with Gasteiger partial charge in [0.2, 0.25) is 14.0 Å². The van der Waals surface area contributed by atoms with Crippen molar-refractivity contribution in [1.29, 1.82) is 0 Å². The number of benzene rings is 3. The molecular weight excluding hydrogens is 695 g/mol. The van der Waals surface area contributed by atoms with Crippen LogP contribution in [0, 0.1) is 25.6 Å². The second kappa shape index (κ2) is 16.0. The number of aryl methyl sites for hydroxylation is 2. The fourth-order valence-corrected chi connectivity index (χ4v) is 8.98. The van der Waals surface area contributed by atoms with Gasteiger partial charge in [0.25, 0.3) is 5.91 Å². The Hall–Kier alpha value is -4.48. The molecule has 276 valence electrons. The van der Waals surface area contributed by atoms with Crippen LogP contribution in [0.4, 0.5) is 28.9 Å². The first kappa shape index (κ1) is 37.3. The number of carbonyl (C=O) groups is 2. The second-order valence-corrected chi connectivity index (χ2v) is 15.0. The molecule has 1 aromatic heterocycles. The molecule has 9 nitrogen and oxygen atoms in total. The maximum absolute atomic E-state index is 15.2. The number of halogens is 4. The van der Waals surface area contributed by atoms with Crippen molar-refractivity contribution in [3.63, 3.8) is 0 Å². The lowest BCUT2D eigenvalue weighted by atomic mass is 9.83. The number of rotatable bonds is 11. The van der Waals surface area contributed by atoms with E-state index in [1.165, 1.54) is 36.1 Å². The Morgan fingerprint density at radius 3 is 2.42 bits per heavy atom. The van der Waals surface area contributed by atoms with E-state index in [4.69, 9.17) is 0 Å². The molecule has 6 rings (SSSR count). The number of likely N-dealkylation sites (tertiary alicyclic amines) is 1. The van der Waals surface area contributed by atoms with Gasteiger partial charge in [0.1, 0.15) is 5.82 Å². The quantitative estimate of drug-likeness (QED) is 0.105. The van der Waals surface area contributed by atoms with Crippen LogP contribution in [0.5, 0.6) is 0 Å². The standard InChI is InChI=1S/C38H43F4N6O3P/c1-24-12-15-27(21-32(24)38(40,41)42)46-36(49)31-10-6-20-47(37(50)34-25(2)7-5-11-33(34)39)35(31)26-13-16-30(17-14-26)48(29-8-3-4-9-29)52(51)45-19-18-28-22-43-23-44-28/h5,7,11-17,21-23,29,31,35,52H,3-4,6,8-10,18-20H2,1-2H3,(H,43,44)(H,45,51)(H,46,49)/t31-,35-/m0/s1. The third-order valence-electron chi connectivity index (χ3n) is 10.1. The summed E-state index contributed by atoms with van der Waals surface area (Å²) in [4.78, 5) is 36.8. The molecule has 14 heteroatoms. The van der Waals surface area contributed by atoms with Crippen LogP contribution in [-0.4, -0.2) is 45.8 Å². The number of nitrogens with one attached hydrogen (secondary N) is 3. The van der Waals surface area contributed by atoms with Crippen LogP contribution in [0.1, 0.15) is 82.9 Å². The summed E-state index contributed by atoms with van der Waals surface area (Å²) in [6, 6.07) is 14.5. The van der Waals surface area contributed by atoms with E-state index in [1.807, 2.05) is 16.8 Å². The summed E-state index contributed by atoms with van der Waals surface area (Å²) in [6.07, 6.45) is 4.01. The topological polar surface area (TPSA) is 110 Å². The van der Waals surface area contributed by atoms with Crippen LogP contribution >= 0.6 is 8.10 Å². The Bertz CT molecular complexity index is 1880. The number of alkyl halides is 3. The van der Waals surface area contributed by atoms with Crippen LogP contribution in [0.2, 0.25) is 0 Å². The van der Waals surface area contributed by atoms with E-state index in [0.717, 1.165) is 43.1 Å². The molecule has 0 spiro atoms. The summed E-state index contributed by atoms with van der Waals surface area (Å²) in [5, 5.41) is 5.87. The summed E-state index contributed by atoms with van der Waals surface area (Å²) < 4.78 is 72.0. The molecule has 2 aliphatic rings. The number of aromatic amines is 1. The molecule has 1 aliphatic heterocycles. The van der Waals surface area contributed by atoms with Crippen molar-refractivity contribution < 1.29 is 31.7 Å². The van der Waals surface area contributed by atoms with Gasteiger partial charge < -0.3 is 19.9 Å². The minimum Gasteiger partial charge on any atom is -0.351 e. The van der Waals surface area contributed by atoms with E-state index in [1.54, 1.807) is 37.6 Å². The van der Waals surface area contributed by atoms with Gasteiger partial charge in [-0.3, -0.25) is 19.2 Å². The average molecular weight is 739 g/mol. The number of H-pyrrole nitrogens is 1. The summed E-state index contributed by atoms with van der Waals surface area (Å²) in [5.74, 6) is -2.66. The number of hydrogen-bond donors (Lipinski definition) is 3. The molecule has 2 heterocycles. The van der Waals surface area contributed by atoms with Gasteiger partial charge in [-0.1, -0.05) is 43.2 Å². The lowest BCUT2D eigenvalue weighted by molar-refractivity contribution is -0.138. The third kappa shape index (κ3) is 8.26. The van der Waals surface area contributed by atoms with Gasteiger partial charge in [0.05, 0.1) is 35.1 Å². The van der Waals surface area contributed by atoms with Crippen molar-refractivity contribution in [1.82, 2.24) is 20.0 Å². The van der Waals surface area contributed by atoms with Gasteiger partial charge in [0.15, 0.2) is 0 Å². The lowest BCUT2D eigenvalue weighted by Crippen LogP contribution is -2.46. The van der Waals surface area contributed by atoms with Gasteiger partial charge in [-0.15, -0.1) is 0 Å². The SMILES string of the molecule is Cc1ccc(NC(=O)[C@H]2CCCN(C(=O)c3c(C)cccc3F)[C@H]2c2ccc(N(C3CCCC3)[PH](=O)NCCc3c[nH]cn3)cc2)cc1C(F)(F)F. The number of amides is 2. The normalized spacial score (nSPS) is 18.7. The van der Waals surface area contributed by atoms with E-state index in [2.05, 4.69) is 20.4 Å². The van der Waals surface area contributed by atoms with Gasteiger partial charge >= 0.3 is 6.18 Å². The summed E-state index contributed by atoms with van der Waals surface area (Å²) in [5.41, 5.74) is 1.71. The van der Waals surface area contributed by atoms with Crippen molar-refractivity contribution in [3.8, 4) is 0 Å². The largest absolute Gasteiger partial charge is 0.416 e. The first-order chi connectivity index (χ1) is 24.9. The molecule has 1 saturated heterocycles. The van der Waals surface area contributed by atoms with Crippen LogP contribution in [-0.2, 0) is 22.0 Å². The molecule has 4 aromatic rings. The molecule has 52 heavy (non-hydrogen) atoms. The Balaban J connectivity index is 1.32. The Kier molecular flexibility index (Phi) is 11.5. The minimum atomic E-state index is -4.60. The molecule has 3 aromatic carbocycles.